The topological polar surface area (TPSA) is 98.8 Å². The van der Waals surface area contributed by atoms with Gasteiger partial charge in [-0.15, -0.1) is 0 Å². The number of ether oxygens (including phenoxy) is 1. The Labute approximate surface area is 158 Å². The molecule has 3 N–H and O–H groups in total. The van der Waals surface area contributed by atoms with Gasteiger partial charge in [-0.2, -0.15) is 5.10 Å². The van der Waals surface area contributed by atoms with Gasteiger partial charge in [0.1, 0.15) is 17.1 Å². The van der Waals surface area contributed by atoms with Crippen molar-refractivity contribution < 1.29 is 4.74 Å². The second-order valence-electron chi connectivity index (χ2n) is 6.59. The van der Waals surface area contributed by atoms with E-state index in [1.165, 1.54) is 0 Å². The number of nitrogens with one attached hydrogen (secondary N) is 1. The number of fused-ring (bicyclic) bond motifs is 1. The minimum Gasteiger partial charge on any atom is -0.493 e. The highest BCUT2D eigenvalue weighted by molar-refractivity contribution is 5.79. The van der Waals surface area contributed by atoms with Gasteiger partial charge in [0.05, 0.1) is 17.9 Å². The van der Waals surface area contributed by atoms with Gasteiger partial charge >= 0.3 is 0 Å². The van der Waals surface area contributed by atoms with Crippen molar-refractivity contribution in [1.82, 2.24) is 19.7 Å². The van der Waals surface area contributed by atoms with E-state index in [9.17, 15) is 4.79 Å². The molecule has 0 aliphatic carbocycles. The van der Waals surface area contributed by atoms with E-state index >= 15 is 0 Å². The maximum atomic E-state index is 12.7. The molecule has 0 spiro atoms. The van der Waals surface area contributed by atoms with Gasteiger partial charge in [0.25, 0.3) is 5.56 Å². The van der Waals surface area contributed by atoms with E-state index in [1.807, 2.05) is 25.1 Å². The lowest BCUT2D eigenvalue weighted by Gasteiger charge is -2.12. The van der Waals surface area contributed by atoms with Crippen LogP contribution in [0.2, 0.25) is 0 Å². The first kappa shape index (κ1) is 19.1. The first-order valence-corrected chi connectivity index (χ1v) is 9.51. The number of nitrogens with zero attached hydrogens (tertiary/aromatic N) is 3. The number of hydrogen-bond acceptors (Lipinski definition) is 5. The van der Waals surface area contributed by atoms with Crippen molar-refractivity contribution in [3.8, 4) is 17.1 Å². The lowest BCUT2D eigenvalue weighted by Crippen LogP contribution is -2.13. The zero-order chi connectivity index (χ0) is 19.4. The molecule has 0 unspecified atom stereocenters. The molecule has 0 aliphatic heterocycles. The van der Waals surface area contributed by atoms with E-state index in [2.05, 4.69) is 17.0 Å². The summed E-state index contributed by atoms with van der Waals surface area (Å²) in [6.45, 7) is 5.20. The van der Waals surface area contributed by atoms with Gasteiger partial charge < -0.3 is 15.5 Å². The summed E-state index contributed by atoms with van der Waals surface area (Å²) in [5, 5.41) is 4.48. The predicted molar refractivity (Wildman–Crippen MR) is 107 cm³/mol. The summed E-state index contributed by atoms with van der Waals surface area (Å²) in [7, 11) is 1.77. The normalized spacial score (nSPS) is 11.3. The Morgan fingerprint density at radius 1 is 1.26 bits per heavy atom. The first-order chi connectivity index (χ1) is 13.1. The van der Waals surface area contributed by atoms with E-state index in [0.29, 0.717) is 35.8 Å². The molecule has 3 rings (SSSR count). The standard InChI is InChI=1S/C20H27N5O2/c1-4-7-15-17-18(25(3)24-15)20(26)23-19(22-17)14-12-13(8-6-11-21)9-10-16(14)27-5-2/h9-10,12H,4-8,11,21H2,1-3H3,(H,22,23,26). The number of aromatic amines is 1. The fourth-order valence-electron chi connectivity index (χ4n) is 3.28. The Balaban J connectivity index is 2.18. The van der Waals surface area contributed by atoms with Crippen molar-refractivity contribution in [2.75, 3.05) is 13.2 Å². The molecule has 1 aromatic carbocycles. The van der Waals surface area contributed by atoms with Crippen LogP contribution in [0.5, 0.6) is 5.75 Å². The van der Waals surface area contributed by atoms with Crippen LogP contribution in [0, 0.1) is 0 Å². The summed E-state index contributed by atoms with van der Waals surface area (Å²) in [4.78, 5) is 20.4. The predicted octanol–water partition coefficient (Wildman–Crippen LogP) is 2.57. The van der Waals surface area contributed by atoms with Crippen molar-refractivity contribution in [2.24, 2.45) is 12.8 Å². The quantitative estimate of drug-likeness (QED) is 0.636. The average Bonchev–Trinajstić information content (AvgIpc) is 2.97. The van der Waals surface area contributed by atoms with Crippen molar-refractivity contribution in [1.29, 1.82) is 0 Å². The van der Waals surface area contributed by atoms with Gasteiger partial charge in [0, 0.05) is 7.05 Å². The zero-order valence-electron chi connectivity index (χ0n) is 16.2. The highest BCUT2D eigenvalue weighted by atomic mass is 16.5. The molecule has 7 heteroatoms. The first-order valence-electron chi connectivity index (χ1n) is 9.51. The zero-order valence-corrected chi connectivity index (χ0v) is 16.2. The van der Waals surface area contributed by atoms with Crippen LogP contribution in [0.1, 0.15) is 37.9 Å². The van der Waals surface area contributed by atoms with Crippen LogP contribution >= 0.6 is 0 Å². The molecule has 2 heterocycles. The molecule has 7 nitrogen and oxygen atoms in total. The molecule has 2 aromatic heterocycles. The van der Waals surface area contributed by atoms with Gasteiger partial charge in [-0.05, 0) is 50.4 Å². The number of rotatable bonds is 8. The van der Waals surface area contributed by atoms with Crippen LogP contribution in [0.15, 0.2) is 23.0 Å². The Kier molecular flexibility index (Phi) is 5.91. The minimum atomic E-state index is -0.192. The Morgan fingerprint density at radius 3 is 2.78 bits per heavy atom. The average molecular weight is 369 g/mol. The van der Waals surface area contributed by atoms with Crippen LogP contribution in [0.4, 0.5) is 0 Å². The number of hydrogen-bond donors (Lipinski definition) is 2. The largest absolute Gasteiger partial charge is 0.493 e. The monoisotopic (exact) mass is 369 g/mol. The molecule has 0 aliphatic rings. The van der Waals surface area contributed by atoms with Crippen LogP contribution in [0.25, 0.3) is 22.4 Å². The number of H-pyrrole nitrogens is 1. The maximum Gasteiger partial charge on any atom is 0.277 e. The molecule has 0 atom stereocenters. The van der Waals surface area contributed by atoms with Gasteiger partial charge in [-0.3, -0.25) is 9.48 Å². The number of aromatic nitrogens is 4. The molecule has 0 saturated carbocycles. The summed E-state index contributed by atoms with van der Waals surface area (Å²) in [5.74, 6) is 1.22. The molecular weight excluding hydrogens is 342 g/mol. The Hall–Kier alpha value is -2.67. The van der Waals surface area contributed by atoms with Gasteiger partial charge in [-0.25, -0.2) is 4.98 Å². The summed E-state index contributed by atoms with van der Waals surface area (Å²) in [5.41, 5.74) is 9.38. The molecule has 27 heavy (non-hydrogen) atoms. The highest BCUT2D eigenvalue weighted by Crippen LogP contribution is 2.30. The highest BCUT2D eigenvalue weighted by Gasteiger charge is 2.17. The third kappa shape index (κ3) is 3.88. The number of aryl methyl sites for hydroxylation is 3. The third-order valence-corrected chi connectivity index (χ3v) is 4.52. The minimum absolute atomic E-state index is 0.192. The number of benzene rings is 1. The van der Waals surface area contributed by atoms with Crippen molar-refractivity contribution in [3.05, 3.63) is 39.8 Å². The fourth-order valence-corrected chi connectivity index (χ4v) is 3.28. The van der Waals surface area contributed by atoms with Crippen LogP contribution in [-0.2, 0) is 19.9 Å². The molecule has 0 bridgehead atoms. The molecular formula is C20H27N5O2. The molecule has 0 fully saturated rings. The molecule has 0 amide bonds. The van der Waals surface area contributed by atoms with E-state index in [0.717, 1.165) is 42.5 Å². The third-order valence-electron chi connectivity index (χ3n) is 4.52. The SMILES string of the molecule is CCCc1nn(C)c2c(=O)[nH]c(-c3cc(CCCN)ccc3OCC)nc12. The second kappa shape index (κ2) is 8.35. The summed E-state index contributed by atoms with van der Waals surface area (Å²) >= 11 is 0. The Bertz CT molecular complexity index is 990. The number of nitrogens with two attached hydrogens (primary N) is 1. The summed E-state index contributed by atoms with van der Waals surface area (Å²) in [6.07, 6.45) is 3.49. The lowest BCUT2D eigenvalue weighted by molar-refractivity contribution is 0.341. The van der Waals surface area contributed by atoms with Crippen molar-refractivity contribution in [2.45, 2.75) is 39.5 Å². The van der Waals surface area contributed by atoms with Gasteiger partial charge in [0.15, 0.2) is 5.52 Å². The second-order valence-corrected chi connectivity index (χ2v) is 6.59. The van der Waals surface area contributed by atoms with E-state index in [4.69, 9.17) is 15.5 Å². The van der Waals surface area contributed by atoms with Crippen molar-refractivity contribution in [3.63, 3.8) is 0 Å². The maximum absolute atomic E-state index is 12.7. The van der Waals surface area contributed by atoms with Crippen LogP contribution in [-0.4, -0.2) is 32.9 Å². The Morgan fingerprint density at radius 2 is 2.07 bits per heavy atom. The van der Waals surface area contributed by atoms with Gasteiger partial charge in [0.2, 0.25) is 0 Å². The fraction of sp³-hybridized carbons (Fsp3) is 0.450. The van der Waals surface area contributed by atoms with E-state index in [1.54, 1.807) is 11.7 Å². The van der Waals surface area contributed by atoms with Crippen LogP contribution in [0.3, 0.4) is 0 Å². The van der Waals surface area contributed by atoms with E-state index < -0.39 is 0 Å². The smallest absolute Gasteiger partial charge is 0.277 e. The molecule has 3 aromatic rings. The summed E-state index contributed by atoms with van der Waals surface area (Å²) in [6, 6.07) is 6.00. The van der Waals surface area contributed by atoms with Gasteiger partial charge in [-0.1, -0.05) is 19.4 Å². The summed E-state index contributed by atoms with van der Waals surface area (Å²) < 4.78 is 7.39. The lowest BCUT2D eigenvalue weighted by atomic mass is 10.0. The van der Waals surface area contributed by atoms with E-state index in [-0.39, 0.29) is 5.56 Å². The molecule has 0 radical (unpaired) electrons. The molecule has 0 saturated heterocycles. The van der Waals surface area contributed by atoms with Crippen LogP contribution < -0.4 is 16.0 Å². The van der Waals surface area contributed by atoms with Crippen molar-refractivity contribution >= 4 is 11.0 Å². The molecule has 144 valence electrons.